The highest BCUT2D eigenvalue weighted by Gasteiger charge is 2.40. The lowest BCUT2D eigenvalue weighted by Crippen LogP contribution is -2.42. The van der Waals surface area contributed by atoms with Gasteiger partial charge in [-0.2, -0.15) is 0 Å². The molecular weight excluding hydrogens is 248 g/mol. The SMILES string of the molecule is NC1=CCC(CN2C(O)C3=C(CCCC3)C2O)S1. The first-order chi connectivity index (χ1) is 8.66. The number of hydrogen-bond donors (Lipinski definition) is 3. The van der Waals surface area contributed by atoms with Crippen molar-refractivity contribution in [2.24, 2.45) is 5.73 Å². The van der Waals surface area contributed by atoms with E-state index < -0.39 is 12.5 Å². The molecule has 5 heteroatoms. The molecule has 100 valence electrons. The third-order valence-electron chi connectivity index (χ3n) is 4.11. The number of nitrogens with zero attached hydrogens (tertiary/aromatic N) is 1. The van der Waals surface area contributed by atoms with Crippen molar-refractivity contribution in [3.05, 3.63) is 22.3 Å². The molecule has 3 aliphatic rings. The van der Waals surface area contributed by atoms with Crippen molar-refractivity contribution in [1.82, 2.24) is 4.90 Å². The van der Waals surface area contributed by atoms with Gasteiger partial charge in [0.05, 0.1) is 5.03 Å². The van der Waals surface area contributed by atoms with Crippen molar-refractivity contribution >= 4 is 11.8 Å². The fourth-order valence-electron chi connectivity index (χ4n) is 3.16. The zero-order chi connectivity index (χ0) is 12.7. The van der Waals surface area contributed by atoms with Gasteiger partial charge in [0.15, 0.2) is 0 Å². The van der Waals surface area contributed by atoms with Crippen molar-refractivity contribution in [2.75, 3.05) is 6.54 Å². The molecule has 3 rings (SSSR count). The van der Waals surface area contributed by atoms with Crippen LogP contribution in [0.2, 0.25) is 0 Å². The highest BCUT2D eigenvalue weighted by atomic mass is 32.2. The molecule has 3 atom stereocenters. The van der Waals surface area contributed by atoms with E-state index in [2.05, 4.69) is 0 Å². The third kappa shape index (κ3) is 2.09. The maximum Gasteiger partial charge on any atom is 0.132 e. The van der Waals surface area contributed by atoms with Gasteiger partial charge in [-0.25, -0.2) is 4.90 Å². The van der Waals surface area contributed by atoms with E-state index in [1.165, 1.54) is 0 Å². The molecule has 0 fully saturated rings. The number of aliphatic hydroxyl groups excluding tert-OH is 2. The van der Waals surface area contributed by atoms with E-state index in [0.717, 1.165) is 48.3 Å². The van der Waals surface area contributed by atoms with Gasteiger partial charge in [0, 0.05) is 11.8 Å². The standard InChI is InChI=1S/C13H20N2O2S/c14-11-6-5-8(18-11)7-15-12(16)9-3-1-2-4-10(9)13(15)17/h6,8,12-13,16-17H,1-5,7,14H2. The molecule has 4 nitrogen and oxygen atoms in total. The van der Waals surface area contributed by atoms with Crippen molar-refractivity contribution in [3.63, 3.8) is 0 Å². The molecule has 0 saturated carbocycles. The van der Waals surface area contributed by atoms with E-state index in [0.29, 0.717) is 11.8 Å². The Hall–Kier alpha value is -0.490. The second-order valence-corrected chi connectivity index (χ2v) is 6.66. The van der Waals surface area contributed by atoms with Crippen LogP contribution in [0.25, 0.3) is 0 Å². The summed E-state index contributed by atoms with van der Waals surface area (Å²) in [5, 5.41) is 21.9. The topological polar surface area (TPSA) is 69.7 Å². The number of hydrogen-bond acceptors (Lipinski definition) is 5. The van der Waals surface area contributed by atoms with E-state index in [1.807, 2.05) is 11.0 Å². The maximum absolute atomic E-state index is 10.3. The molecule has 0 spiro atoms. The molecule has 2 aliphatic heterocycles. The molecule has 2 heterocycles. The summed E-state index contributed by atoms with van der Waals surface area (Å²) >= 11 is 1.65. The second kappa shape index (κ2) is 4.89. The van der Waals surface area contributed by atoms with Gasteiger partial charge < -0.3 is 15.9 Å². The molecule has 0 aromatic rings. The van der Waals surface area contributed by atoms with E-state index >= 15 is 0 Å². The van der Waals surface area contributed by atoms with Gasteiger partial charge in [0.1, 0.15) is 12.5 Å². The Labute approximate surface area is 112 Å². The summed E-state index contributed by atoms with van der Waals surface area (Å²) < 4.78 is 0. The van der Waals surface area contributed by atoms with E-state index in [9.17, 15) is 10.2 Å². The molecule has 0 bridgehead atoms. The molecule has 0 radical (unpaired) electrons. The van der Waals surface area contributed by atoms with Crippen LogP contribution >= 0.6 is 11.8 Å². The first kappa shape index (κ1) is 12.5. The molecule has 1 aliphatic carbocycles. The van der Waals surface area contributed by atoms with Crippen LogP contribution in [0.15, 0.2) is 22.3 Å². The zero-order valence-corrected chi connectivity index (χ0v) is 11.2. The van der Waals surface area contributed by atoms with E-state index in [4.69, 9.17) is 5.73 Å². The van der Waals surface area contributed by atoms with Crippen LogP contribution in [0.3, 0.4) is 0 Å². The molecule has 0 saturated heterocycles. The minimum absolute atomic E-state index is 0.357. The Morgan fingerprint density at radius 1 is 1.22 bits per heavy atom. The number of nitrogens with two attached hydrogens (primary N) is 1. The van der Waals surface area contributed by atoms with Gasteiger partial charge in [-0.15, -0.1) is 11.8 Å². The summed E-state index contributed by atoms with van der Waals surface area (Å²) in [5.74, 6) is 0. The van der Waals surface area contributed by atoms with Crippen LogP contribution < -0.4 is 5.73 Å². The molecular formula is C13H20N2O2S. The quantitative estimate of drug-likeness (QED) is 0.655. The van der Waals surface area contributed by atoms with Crippen LogP contribution in [0.5, 0.6) is 0 Å². The van der Waals surface area contributed by atoms with Gasteiger partial charge in [0.2, 0.25) is 0 Å². The highest BCUT2D eigenvalue weighted by molar-refractivity contribution is 8.03. The monoisotopic (exact) mass is 268 g/mol. The smallest absolute Gasteiger partial charge is 0.132 e. The summed E-state index contributed by atoms with van der Waals surface area (Å²) in [7, 11) is 0. The lowest BCUT2D eigenvalue weighted by atomic mass is 9.93. The average molecular weight is 268 g/mol. The molecule has 0 aromatic heterocycles. The fourth-order valence-corrected chi connectivity index (χ4v) is 4.18. The Bertz CT molecular complexity index is 386. The first-order valence-electron chi connectivity index (χ1n) is 6.63. The highest BCUT2D eigenvalue weighted by Crippen LogP contribution is 2.39. The average Bonchev–Trinajstić information content (AvgIpc) is 2.88. The summed E-state index contributed by atoms with van der Waals surface area (Å²) in [6.07, 6.45) is 5.90. The van der Waals surface area contributed by atoms with Gasteiger partial charge >= 0.3 is 0 Å². The number of aliphatic hydroxyl groups is 2. The Balaban J connectivity index is 1.68. The lowest BCUT2D eigenvalue weighted by Gasteiger charge is -2.28. The van der Waals surface area contributed by atoms with Crippen LogP contribution in [-0.2, 0) is 0 Å². The zero-order valence-electron chi connectivity index (χ0n) is 10.4. The number of rotatable bonds is 2. The summed E-state index contributed by atoms with van der Waals surface area (Å²) in [6.45, 7) is 0.692. The summed E-state index contributed by atoms with van der Waals surface area (Å²) in [6, 6.07) is 0. The Kier molecular flexibility index (Phi) is 3.40. The predicted octanol–water partition coefficient (Wildman–Crippen LogP) is 1.11. The first-order valence-corrected chi connectivity index (χ1v) is 7.51. The lowest BCUT2D eigenvalue weighted by molar-refractivity contribution is -0.0463. The summed E-state index contributed by atoms with van der Waals surface area (Å²) in [4.78, 5) is 1.82. The molecule has 0 aromatic carbocycles. The van der Waals surface area contributed by atoms with Crippen LogP contribution in [0.1, 0.15) is 32.1 Å². The van der Waals surface area contributed by atoms with Crippen molar-refractivity contribution < 1.29 is 10.2 Å². The predicted molar refractivity (Wildman–Crippen MR) is 72.5 cm³/mol. The van der Waals surface area contributed by atoms with Gasteiger partial charge in [-0.3, -0.25) is 0 Å². The third-order valence-corrected chi connectivity index (χ3v) is 5.22. The van der Waals surface area contributed by atoms with Crippen molar-refractivity contribution in [3.8, 4) is 0 Å². The second-order valence-electron chi connectivity index (χ2n) is 5.28. The molecule has 0 amide bonds. The van der Waals surface area contributed by atoms with Gasteiger partial charge in [-0.1, -0.05) is 6.08 Å². The van der Waals surface area contributed by atoms with Crippen molar-refractivity contribution in [1.29, 1.82) is 0 Å². The Morgan fingerprint density at radius 3 is 2.33 bits per heavy atom. The van der Waals surface area contributed by atoms with Crippen LogP contribution in [-0.4, -0.2) is 39.4 Å². The molecule has 3 unspecified atom stereocenters. The number of thioether (sulfide) groups is 1. The minimum Gasteiger partial charge on any atom is -0.394 e. The molecule has 4 N–H and O–H groups in total. The minimum atomic E-state index is -0.585. The number of allylic oxidation sites excluding steroid dienone is 1. The Morgan fingerprint density at radius 2 is 1.83 bits per heavy atom. The fraction of sp³-hybridized carbons (Fsp3) is 0.692. The summed E-state index contributed by atoms with van der Waals surface area (Å²) in [5.41, 5.74) is 7.89. The van der Waals surface area contributed by atoms with Crippen LogP contribution in [0.4, 0.5) is 0 Å². The van der Waals surface area contributed by atoms with Gasteiger partial charge in [-0.05, 0) is 43.3 Å². The van der Waals surface area contributed by atoms with Crippen LogP contribution in [0, 0.1) is 0 Å². The van der Waals surface area contributed by atoms with E-state index in [-0.39, 0.29) is 0 Å². The van der Waals surface area contributed by atoms with Gasteiger partial charge in [0.25, 0.3) is 0 Å². The molecule has 18 heavy (non-hydrogen) atoms. The van der Waals surface area contributed by atoms with E-state index in [1.54, 1.807) is 11.8 Å². The van der Waals surface area contributed by atoms with Crippen molar-refractivity contribution in [2.45, 2.75) is 49.8 Å². The normalized spacial score (nSPS) is 37.0. The maximum atomic E-state index is 10.3. The largest absolute Gasteiger partial charge is 0.394 e.